The zero-order valence-corrected chi connectivity index (χ0v) is 16.5. The number of ether oxygens (including phenoxy) is 2. The summed E-state index contributed by atoms with van der Waals surface area (Å²) < 4.78 is 10.8. The third-order valence-corrected chi connectivity index (χ3v) is 5.14. The van der Waals surface area contributed by atoms with Gasteiger partial charge in [0.05, 0.1) is 13.2 Å². The molecule has 1 fully saturated rings. The van der Waals surface area contributed by atoms with Gasteiger partial charge in [0, 0.05) is 0 Å². The first-order valence-corrected chi connectivity index (χ1v) is 10.8. The molecule has 25 heavy (non-hydrogen) atoms. The summed E-state index contributed by atoms with van der Waals surface area (Å²) in [5, 5.41) is 19.0. The molecule has 0 radical (unpaired) electrons. The zero-order chi connectivity index (χ0) is 18.2. The molecule has 0 aliphatic carbocycles. The van der Waals surface area contributed by atoms with Crippen LogP contribution >= 0.6 is 0 Å². The predicted molar refractivity (Wildman–Crippen MR) is 103 cm³/mol. The minimum atomic E-state index is -0.561. The molecule has 0 aromatic carbocycles. The van der Waals surface area contributed by atoms with Crippen LogP contribution in [0.1, 0.15) is 103 Å². The van der Waals surface area contributed by atoms with E-state index in [1.54, 1.807) is 0 Å². The van der Waals surface area contributed by atoms with Crippen molar-refractivity contribution in [3.63, 3.8) is 0 Å². The van der Waals surface area contributed by atoms with Gasteiger partial charge in [0.15, 0.2) is 6.29 Å². The standard InChI is InChI=1S/C21H42O4/c1-2-3-4-5-6-7-8-9-10-11-12-13-14-15-16-20(23)21-24-18-19(17-22)25-21/h19-23H,2-18H2,1H3/t19-,20+,21+/m1/s1. The van der Waals surface area contributed by atoms with E-state index >= 15 is 0 Å². The highest BCUT2D eigenvalue weighted by molar-refractivity contribution is 4.70. The van der Waals surface area contributed by atoms with Crippen molar-refractivity contribution in [2.45, 2.75) is 122 Å². The van der Waals surface area contributed by atoms with Crippen LogP contribution in [0.25, 0.3) is 0 Å². The molecule has 0 unspecified atom stereocenters. The number of rotatable bonds is 17. The monoisotopic (exact) mass is 358 g/mol. The minimum Gasteiger partial charge on any atom is -0.394 e. The molecule has 150 valence electrons. The van der Waals surface area contributed by atoms with E-state index in [1.807, 2.05) is 0 Å². The third kappa shape index (κ3) is 12.0. The molecule has 1 rings (SSSR count). The Kier molecular flexibility index (Phi) is 14.7. The number of aliphatic hydroxyl groups excluding tert-OH is 2. The highest BCUT2D eigenvalue weighted by Crippen LogP contribution is 2.19. The third-order valence-electron chi connectivity index (χ3n) is 5.14. The Morgan fingerprint density at radius 3 is 1.72 bits per heavy atom. The average molecular weight is 359 g/mol. The highest BCUT2D eigenvalue weighted by Gasteiger charge is 2.30. The zero-order valence-electron chi connectivity index (χ0n) is 16.5. The molecule has 0 aromatic heterocycles. The molecule has 0 spiro atoms. The summed E-state index contributed by atoms with van der Waals surface area (Å²) in [6, 6.07) is 0. The topological polar surface area (TPSA) is 58.9 Å². The van der Waals surface area contributed by atoms with Crippen LogP contribution in [0.3, 0.4) is 0 Å². The van der Waals surface area contributed by atoms with E-state index in [0.29, 0.717) is 6.61 Å². The fourth-order valence-corrected chi connectivity index (χ4v) is 3.45. The molecular formula is C21H42O4. The molecule has 1 aliphatic rings. The SMILES string of the molecule is CCCCCCCCCCCCCCCC[C@H](O)[C@H]1OC[C@@H](CO)O1. The van der Waals surface area contributed by atoms with Gasteiger partial charge < -0.3 is 19.7 Å². The van der Waals surface area contributed by atoms with Crippen molar-refractivity contribution >= 4 is 0 Å². The summed E-state index contributed by atoms with van der Waals surface area (Å²) in [4.78, 5) is 0. The molecule has 1 heterocycles. The number of unbranched alkanes of at least 4 members (excludes halogenated alkanes) is 13. The second-order valence-corrected chi connectivity index (χ2v) is 7.59. The summed E-state index contributed by atoms with van der Waals surface area (Å²) in [5.74, 6) is 0. The molecule has 0 aromatic rings. The molecule has 0 amide bonds. The summed E-state index contributed by atoms with van der Waals surface area (Å²) in [7, 11) is 0. The molecule has 2 N–H and O–H groups in total. The maximum atomic E-state index is 10.0. The molecule has 1 saturated heterocycles. The fraction of sp³-hybridized carbons (Fsp3) is 1.00. The first-order chi connectivity index (χ1) is 12.3. The second kappa shape index (κ2) is 16.0. The van der Waals surface area contributed by atoms with Gasteiger partial charge in [-0.25, -0.2) is 0 Å². The van der Waals surface area contributed by atoms with Gasteiger partial charge in [-0.2, -0.15) is 0 Å². The molecule has 0 saturated carbocycles. The minimum absolute atomic E-state index is 0.0396. The van der Waals surface area contributed by atoms with E-state index in [2.05, 4.69) is 6.92 Å². The van der Waals surface area contributed by atoms with E-state index < -0.39 is 12.4 Å². The van der Waals surface area contributed by atoms with Crippen LogP contribution in [0, 0.1) is 0 Å². The van der Waals surface area contributed by atoms with Crippen LogP contribution < -0.4 is 0 Å². The second-order valence-electron chi connectivity index (χ2n) is 7.59. The van der Waals surface area contributed by atoms with E-state index in [9.17, 15) is 5.11 Å². The van der Waals surface area contributed by atoms with E-state index in [4.69, 9.17) is 14.6 Å². The first-order valence-electron chi connectivity index (χ1n) is 10.8. The molecule has 4 heteroatoms. The van der Waals surface area contributed by atoms with Crippen molar-refractivity contribution in [1.29, 1.82) is 0 Å². The Bertz CT molecular complexity index is 285. The van der Waals surface area contributed by atoms with E-state index in [-0.39, 0.29) is 12.7 Å². The number of hydrogen-bond donors (Lipinski definition) is 2. The molecule has 1 aliphatic heterocycles. The molecule has 3 atom stereocenters. The van der Waals surface area contributed by atoms with Gasteiger partial charge in [-0.3, -0.25) is 0 Å². The normalized spacial score (nSPS) is 21.7. The van der Waals surface area contributed by atoms with Gasteiger partial charge in [0.25, 0.3) is 0 Å². The lowest BCUT2D eigenvalue weighted by molar-refractivity contribution is -0.136. The van der Waals surface area contributed by atoms with Crippen LogP contribution in [0.5, 0.6) is 0 Å². The fourth-order valence-electron chi connectivity index (χ4n) is 3.45. The van der Waals surface area contributed by atoms with Gasteiger partial charge in [0.2, 0.25) is 0 Å². The Morgan fingerprint density at radius 1 is 0.800 bits per heavy atom. The summed E-state index contributed by atoms with van der Waals surface area (Å²) >= 11 is 0. The lowest BCUT2D eigenvalue weighted by atomic mass is 10.0. The number of aliphatic hydroxyl groups is 2. The van der Waals surface area contributed by atoms with Crippen molar-refractivity contribution in [1.82, 2.24) is 0 Å². The van der Waals surface area contributed by atoms with Crippen molar-refractivity contribution in [2.75, 3.05) is 13.2 Å². The summed E-state index contributed by atoms with van der Waals surface area (Å²) in [5.41, 5.74) is 0. The van der Waals surface area contributed by atoms with Gasteiger partial charge in [-0.05, 0) is 6.42 Å². The van der Waals surface area contributed by atoms with Crippen LogP contribution in [-0.2, 0) is 9.47 Å². The van der Waals surface area contributed by atoms with Crippen LogP contribution in [0.4, 0.5) is 0 Å². The van der Waals surface area contributed by atoms with Crippen LogP contribution in [0.15, 0.2) is 0 Å². The first kappa shape index (κ1) is 22.9. The average Bonchev–Trinajstić information content (AvgIpc) is 3.11. The quantitative estimate of drug-likeness (QED) is 0.361. The van der Waals surface area contributed by atoms with Crippen molar-refractivity contribution in [3.8, 4) is 0 Å². The molecular weight excluding hydrogens is 316 g/mol. The van der Waals surface area contributed by atoms with Crippen molar-refractivity contribution in [3.05, 3.63) is 0 Å². The Balaban J connectivity index is 1.77. The lowest BCUT2D eigenvalue weighted by Gasteiger charge is -2.17. The van der Waals surface area contributed by atoms with Crippen molar-refractivity contribution in [2.24, 2.45) is 0 Å². The van der Waals surface area contributed by atoms with E-state index in [0.717, 1.165) is 12.8 Å². The summed E-state index contributed by atoms with van der Waals surface area (Å²) in [6.07, 6.45) is 18.1. The molecule has 0 bridgehead atoms. The Labute approximate surface area is 155 Å². The summed E-state index contributed by atoms with van der Waals surface area (Å²) in [6.45, 7) is 2.62. The lowest BCUT2D eigenvalue weighted by Crippen LogP contribution is -2.28. The van der Waals surface area contributed by atoms with Gasteiger partial charge in [0.1, 0.15) is 12.2 Å². The number of hydrogen-bond acceptors (Lipinski definition) is 4. The highest BCUT2D eigenvalue weighted by atomic mass is 16.7. The smallest absolute Gasteiger partial charge is 0.184 e. The van der Waals surface area contributed by atoms with Gasteiger partial charge >= 0.3 is 0 Å². The molecule has 4 nitrogen and oxygen atoms in total. The Morgan fingerprint density at radius 2 is 1.28 bits per heavy atom. The van der Waals surface area contributed by atoms with Gasteiger partial charge in [-0.15, -0.1) is 0 Å². The maximum Gasteiger partial charge on any atom is 0.184 e. The largest absolute Gasteiger partial charge is 0.394 e. The van der Waals surface area contributed by atoms with Crippen molar-refractivity contribution < 1.29 is 19.7 Å². The Hall–Kier alpha value is -0.160. The predicted octanol–water partition coefficient (Wildman–Crippen LogP) is 4.95. The maximum absolute atomic E-state index is 10.0. The van der Waals surface area contributed by atoms with Crippen LogP contribution in [-0.4, -0.2) is 41.9 Å². The van der Waals surface area contributed by atoms with E-state index in [1.165, 1.54) is 83.5 Å². The van der Waals surface area contributed by atoms with Gasteiger partial charge in [-0.1, -0.05) is 96.8 Å². The van der Waals surface area contributed by atoms with Crippen LogP contribution in [0.2, 0.25) is 0 Å².